The predicted octanol–water partition coefficient (Wildman–Crippen LogP) is 4.66. The van der Waals surface area contributed by atoms with Gasteiger partial charge in [-0.05, 0) is 60.4 Å². The van der Waals surface area contributed by atoms with Gasteiger partial charge in [0.05, 0.1) is 17.8 Å². The van der Waals surface area contributed by atoms with E-state index in [1.54, 1.807) is 17.0 Å². The Morgan fingerprint density at radius 2 is 1.71 bits per heavy atom. The molecule has 0 fully saturated rings. The van der Waals surface area contributed by atoms with Crippen LogP contribution in [0.1, 0.15) is 23.1 Å². The third-order valence-corrected chi connectivity index (χ3v) is 5.89. The van der Waals surface area contributed by atoms with Crippen LogP contribution in [0.25, 0.3) is 0 Å². The Balaban J connectivity index is 1.36. The lowest BCUT2D eigenvalue weighted by Crippen LogP contribution is -2.39. The van der Waals surface area contributed by atoms with Gasteiger partial charge in [-0.15, -0.1) is 0 Å². The number of carboxylic acid groups (broad SMARTS) is 1. The molecule has 0 aliphatic carbocycles. The summed E-state index contributed by atoms with van der Waals surface area (Å²) in [6, 6.07) is 20.1. The number of nitrogens with zero attached hydrogens (tertiary/aromatic N) is 1. The normalized spacial score (nSPS) is 12.3. The van der Waals surface area contributed by atoms with Gasteiger partial charge in [-0.1, -0.05) is 36.4 Å². The van der Waals surface area contributed by atoms with E-state index < -0.39 is 5.97 Å². The van der Waals surface area contributed by atoms with Crippen molar-refractivity contribution in [3.8, 4) is 0 Å². The zero-order chi connectivity index (χ0) is 24.8. The molecule has 0 unspecified atom stereocenters. The van der Waals surface area contributed by atoms with Crippen molar-refractivity contribution in [3.05, 3.63) is 83.4 Å². The molecule has 0 spiro atoms. The SMILES string of the molecule is Cc1ccccc1NC(=O)Nc1ccc(CC(=O)N2CCNc3cc(CCC(=O)O)ccc32)cc1. The molecule has 3 aromatic rings. The van der Waals surface area contributed by atoms with Crippen molar-refractivity contribution in [3.63, 3.8) is 0 Å². The number of amides is 3. The zero-order valence-electron chi connectivity index (χ0n) is 19.5. The first-order valence-electron chi connectivity index (χ1n) is 11.5. The molecule has 0 saturated heterocycles. The highest BCUT2D eigenvalue weighted by Crippen LogP contribution is 2.31. The van der Waals surface area contributed by atoms with Crippen molar-refractivity contribution >= 4 is 40.7 Å². The monoisotopic (exact) mass is 472 g/mol. The quantitative estimate of drug-likeness (QED) is 0.400. The Kier molecular flexibility index (Phi) is 7.30. The van der Waals surface area contributed by atoms with Crippen LogP contribution in [-0.2, 0) is 22.4 Å². The van der Waals surface area contributed by atoms with Crippen LogP contribution in [0.4, 0.5) is 27.5 Å². The number of hydrogen-bond donors (Lipinski definition) is 4. The molecule has 4 N–H and O–H groups in total. The van der Waals surface area contributed by atoms with Crippen molar-refractivity contribution in [2.75, 3.05) is 33.9 Å². The Bertz CT molecular complexity index is 1240. The Labute approximate surface area is 204 Å². The van der Waals surface area contributed by atoms with E-state index in [1.807, 2.05) is 61.5 Å². The molecule has 1 aliphatic heterocycles. The van der Waals surface area contributed by atoms with Crippen LogP contribution in [0.5, 0.6) is 0 Å². The smallest absolute Gasteiger partial charge is 0.323 e. The fourth-order valence-corrected chi connectivity index (χ4v) is 4.02. The number of urea groups is 1. The lowest BCUT2D eigenvalue weighted by molar-refractivity contribution is -0.137. The maximum atomic E-state index is 13.1. The van der Waals surface area contributed by atoms with E-state index in [0.717, 1.165) is 33.8 Å². The number of nitrogens with one attached hydrogen (secondary N) is 3. The molecule has 3 amide bonds. The second-order valence-electron chi connectivity index (χ2n) is 8.49. The van der Waals surface area contributed by atoms with E-state index in [-0.39, 0.29) is 24.8 Å². The van der Waals surface area contributed by atoms with E-state index >= 15 is 0 Å². The first kappa shape index (κ1) is 23.8. The summed E-state index contributed by atoms with van der Waals surface area (Å²) in [4.78, 5) is 38.0. The molecule has 0 saturated carbocycles. The third kappa shape index (κ3) is 6.17. The first-order valence-corrected chi connectivity index (χ1v) is 11.5. The Hall–Kier alpha value is -4.33. The molecular formula is C27H28N4O4. The molecular weight excluding hydrogens is 444 g/mol. The van der Waals surface area contributed by atoms with Gasteiger partial charge in [-0.25, -0.2) is 4.79 Å². The van der Waals surface area contributed by atoms with Crippen LogP contribution in [-0.4, -0.2) is 36.1 Å². The van der Waals surface area contributed by atoms with Crippen LogP contribution in [0.15, 0.2) is 66.7 Å². The summed E-state index contributed by atoms with van der Waals surface area (Å²) in [5, 5.41) is 17.8. The molecule has 3 aromatic carbocycles. The van der Waals surface area contributed by atoms with E-state index in [9.17, 15) is 14.4 Å². The molecule has 35 heavy (non-hydrogen) atoms. The summed E-state index contributed by atoms with van der Waals surface area (Å²) in [6.45, 7) is 3.11. The molecule has 0 radical (unpaired) electrons. The Morgan fingerprint density at radius 3 is 2.46 bits per heavy atom. The molecule has 1 heterocycles. The van der Waals surface area contributed by atoms with Crippen LogP contribution < -0.4 is 20.9 Å². The van der Waals surface area contributed by atoms with Crippen molar-refractivity contribution < 1.29 is 19.5 Å². The summed E-state index contributed by atoms with van der Waals surface area (Å²) in [5.41, 5.74) is 5.76. The molecule has 1 aliphatic rings. The topological polar surface area (TPSA) is 111 Å². The lowest BCUT2D eigenvalue weighted by Gasteiger charge is -2.31. The number of carboxylic acids is 1. The zero-order valence-corrected chi connectivity index (χ0v) is 19.5. The number of aryl methyl sites for hydroxylation is 2. The number of hydrogen-bond acceptors (Lipinski definition) is 4. The second kappa shape index (κ2) is 10.7. The Morgan fingerprint density at radius 1 is 0.971 bits per heavy atom. The number of carbonyl (C=O) groups is 3. The summed E-state index contributed by atoms with van der Waals surface area (Å²) >= 11 is 0. The van der Waals surface area contributed by atoms with Gasteiger partial charge >= 0.3 is 12.0 Å². The van der Waals surface area contributed by atoms with E-state index in [0.29, 0.717) is 25.2 Å². The third-order valence-electron chi connectivity index (χ3n) is 5.89. The molecule has 0 atom stereocenters. The molecule has 8 heteroatoms. The average Bonchev–Trinajstić information content (AvgIpc) is 2.84. The molecule has 180 valence electrons. The second-order valence-corrected chi connectivity index (χ2v) is 8.49. The lowest BCUT2D eigenvalue weighted by atomic mass is 10.0. The fraction of sp³-hybridized carbons (Fsp3) is 0.222. The van der Waals surface area contributed by atoms with Gasteiger partial charge in [0.1, 0.15) is 0 Å². The van der Waals surface area contributed by atoms with Gasteiger partial charge in [0.25, 0.3) is 0 Å². The van der Waals surface area contributed by atoms with Gasteiger partial charge < -0.3 is 26.0 Å². The minimum atomic E-state index is -0.833. The van der Waals surface area contributed by atoms with Crippen molar-refractivity contribution in [2.24, 2.45) is 0 Å². The number of para-hydroxylation sites is 1. The van der Waals surface area contributed by atoms with Gasteiger partial charge in [-0.2, -0.15) is 0 Å². The van der Waals surface area contributed by atoms with Crippen LogP contribution >= 0.6 is 0 Å². The van der Waals surface area contributed by atoms with Gasteiger partial charge in [-0.3, -0.25) is 9.59 Å². The fourth-order valence-electron chi connectivity index (χ4n) is 4.02. The number of anilines is 4. The standard InChI is InChI=1S/C27H28N4O4/c1-18-4-2-3-5-22(18)30-27(35)29-21-10-6-20(7-11-21)17-25(32)31-15-14-28-23-16-19(8-12-24(23)31)9-13-26(33)34/h2-8,10-12,16,28H,9,13-15,17H2,1H3,(H,33,34)(H2,29,30,35). The molecule has 0 aromatic heterocycles. The van der Waals surface area contributed by atoms with Crippen molar-refractivity contribution in [2.45, 2.75) is 26.2 Å². The highest BCUT2D eigenvalue weighted by atomic mass is 16.4. The number of fused-ring (bicyclic) bond motifs is 1. The number of aliphatic carboxylic acids is 1. The summed E-state index contributed by atoms with van der Waals surface area (Å²) in [5.74, 6) is -0.857. The molecule has 4 rings (SSSR count). The van der Waals surface area contributed by atoms with Crippen molar-refractivity contribution in [1.29, 1.82) is 0 Å². The maximum absolute atomic E-state index is 13.1. The minimum Gasteiger partial charge on any atom is -0.481 e. The first-order chi connectivity index (χ1) is 16.9. The number of carbonyl (C=O) groups excluding carboxylic acids is 2. The average molecular weight is 473 g/mol. The minimum absolute atomic E-state index is 0.0240. The van der Waals surface area contributed by atoms with Gasteiger partial charge in [0.15, 0.2) is 0 Å². The molecule has 0 bridgehead atoms. The molecule has 8 nitrogen and oxygen atoms in total. The van der Waals surface area contributed by atoms with Gasteiger partial charge in [0, 0.05) is 30.9 Å². The summed E-state index contributed by atoms with van der Waals surface area (Å²) in [7, 11) is 0. The van der Waals surface area contributed by atoms with Crippen LogP contribution in [0, 0.1) is 6.92 Å². The largest absolute Gasteiger partial charge is 0.481 e. The van der Waals surface area contributed by atoms with Gasteiger partial charge in [0.2, 0.25) is 5.91 Å². The van der Waals surface area contributed by atoms with Crippen LogP contribution in [0.2, 0.25) is 0 Å². The number of benzene rings is 3. The summed E-state index contributed by atoms with van der Waals surface area (Å²) < 4.78 is 0. The highest BCUT2D eigenvalue weighted by Gasteiger charge is 2.22. The maximum Gasteiger partial charge on any atom is 0.323 e. The summed E-state index contributed by atoms with van der Waals surface area (Å²) in [6.07, 6.45) is 0.747. The van der Waals surface area contributed by atoms with Crippen molar-refractivity contribution in [1.82, 2.24) is 0 Å². The van der Waals surface area contributed by atoms with E-state index in [2.05, 4.69) is 16.0 Å². The number of rotatable bonds is 7. The van der Waals surface area contributed by atoms with Crippen LogP contribution in [0.3, 0.4) is 0 Å². The highest BCUT2D eigenvalue weighted by molar-refractivity contribution is 6.01. The van der Waals surface area contributed by atoms with E-state index in [4.69, 9.17) is 5.11 Å². The van der Waals surface area contributed by atoms with E-state index in [1.165, 1.54) is 0 Å². The predicted molar refractivity (Wildman–Crippen MR) is 137 cm³/mol.